The van der Waals surface area contributed by atoms with E-state index in [0.717, 1.165) is 0 Å². The molecule has 19 aromatic carbocycles. The van der Waals surface area contributed by atoms with Crippen LogP contribution >= 0.6 is 0 Å². The van der Waals surface area contributed by atoms with Crippen LogP contribution in [0, 0.1) is 55.4 Å². The van der Waals surface area contributed by atoms with Crippen LogP contribution in [0.5, 0.6) is 0 Å². The van der Waals surface area contributed by atoms with Crippen LogP contribution in [0.2, 0.25) is 0 Å². The van der Waals surface area contributed by atoms with Crippen molar-refractivity contribution in [3.8, 4) is 178 Å². The second-order valence-electron chi connectivity index (χ2n) is 32.1. The van der Waals surface area contributed by atoms with E-state index in [2.05, 4.69) is 359 Å². The second-order valence-corrected chi connectivity index (χ2v) is 32.1. The molecule has 0 aliphatic heterocycles. The van der Waals surface area contributed by atoms with Crippen molar-refractivity contribution in [1.29, 1.82) is 0 Å². The van der Waals surface area contributed by atoms with Gasteiger partial charge in [0.2, 0.25) is 0 Å². The van der Waals surface area contributed by atoms with Gasteiger partial charge in [0.05, 0.1) is 0 Å². The predicted molar refractivity (Wildman–Crippen MR) is 471 cm³/mol. The molecular weight excluding hydrogens is 1320 g/mol. The summed E-state index contributed by atoms with van der Waals surface area (Å²) in [5.74, 6) is 0. The Morgan fingerprint density at radius 3 is 0.382 bits per heavy atom. The molecule has 0 saturated carbocycles. The van der Waals surface area contributed by atoms with Crippen LogP contribution in [0.4, 0.5) is 0 Å². The Labute approximate surface area is 641 Å². The minimum Gasteiger partial charge on any atom is -0.0616 e. The highest BCUT2D eigenvalue weighted by atomic mass is 14.4. The van der Waals surface area contributed by atoms with E-state index in [1.807, 2.05) is 0 Å². The normalized spacial score (nSPS) is 12.4. The zero-order valence-electron chi connectivity index (χ0n) is 62.9. The van der Waals surface area contributed by atoms with Crippen molar-refractivity contribution in [3.05, 3.63) is 348 Å². The van der Waals surface area contributed by atoms with Gasteiger partial charge in [-0.25, -0.2) is 0 Å². The first-order chi connectivity index (χ1) is 53.9. The zero-order valence-corrected chi connectivity index (χ0v) is 62.9. The van der Waals surface area contributed by atoms with Gasteiger partial charge in [-0.15, -0.1) is 0 Å². The van der Waals surface area contributed by atoms with E-state index in [-0.39, 0.29) is 0 Å². The molecular formula is C110H74. The molecule has 0 saturated heterocycles. The maximum atomic E-state index is 2.67. The van der Waals surface area contributed by atoms with Crippen molar-refractivity contribution in [2.24, 2.45) is 0 Å². The van der Waals surface area contributed by atoms with Gasteiger partial charge in [-0.1, -0.05) is 336 Å². The predicted octanol–water partition coefficient (Wildman–Crippen LogP) is 31.0. The maximum Gasteiger partial charge on any atom is -0.000740 e. The molecule has 0 fully saturated rings. The van der Waals surface area contributed by atoms with E-state index in [1.54, 1.807) is 0 Å². The Hall–Kier alpha value is -13.3. The Morgan fingerprint density at radius 2 is 0.245 bits per heavy atom. The minimum absolute atomic E-state index is 1.21. The fourth-order valence-corrected chi connectivity index (χ4v) is 20.3. The van der Waals surface area contributed by atoms with Crippen LogP contribution < -0.4 is 0 Å². The molecule has 514 valence electrons. The quantitative estimate of drug-likeness (QED) is 0.133. The standard InChI is InChI=1S/C110H74/c1-59-17-33-67(34-18-59)91-75-13-9-10-14-76(75)92(68-35-19-60(2)20-36-68)104-80-50-54-84-101-83(53-49-79(99(80)101)103(91)104)107-95(71-41-25-63(5)26-42-71)87-57-89-90(58-88(87)96(108(84)107)72-43-27-64(6)28-44-72)98(74-47-31-66(8)32-48-74)110-86-56-52-82-100-81(51-55-85(102(86)100)109(110)97(89)73-45-29-65(7)30-46-73)105-93(69-37-21-61(3)22-38-69)77-15-11-12-16-78(77)94(106(82)105)70-39-23-62(4)24-40-70/h9-58H,1-8H3. The van der Waals surface area contributed by atoms with Gasteiger partial charge in [0.15, 0.2) is 0 Å². The number of hydrogen-bond acceptors (Lipinski definition) is 0. The molecule has 0 amide bonds. The second kappa shape index (κ2) is 23.1. The topological polar surface area (TPSA) is 0 Å². The van der Waals surface area contributed by atoms with Gasteiger partial charge < -0.3 is 0 Å². The van der Waals surface area contributed by atoms with E-state index >= 15 is 0 Å². The fourth-order valence-electron chi connectivity index (χ4n) is 20.3. The molecule has 0 bridgehead atoms. The highest BCUT2D eigenvalue weighted by Crippen LogP contribution is 2.68. The third-order valence-corrected chi connectivity index (χ3v) is 25.4. The summed E-state index contributed by atoms with van der Waals surface area (Å²) in [5, 5.41) is 15.3. The van der Waals surface area contributed by atoms with E-state index in [0.29, 0.717) is 0 Å². The Balaban J connectivity index is 0.870. The number of fused-ring (bicyclic) bond motifs is 16. The molecule has 0 radical (unpaired) electrons. The van der Waals surface area contributed by atoms with Crippen molar-refractivity contribution >= 4 is 64.6 Å². The van der Waals surface area contributed by atoms with Gasteiger partial charge in [0, 0.05) is 0 Å². The molecule has 0 unspecified atom stereocenters. The van der Waals surface area contributed by atoms with E-state index in [4.69, 9.17) is 0 Å². The van der Waals surface area contributed by atoms with Gasteiger partial charge >= 0.3 is 0 Å². The first-order valence-corrected chi connectivity index (χ1v) is 39.0. The molecule has 0 spiro atoms. The van der Waals surface area contributed by atoms with E-state index in [1.165, 1.54) is 287 Å². The van der Waals surface area contributed by atoms with Crippen molar-refractivity contribution in [1.82, 2.24) is 0 Å². The lowest BCUT2D eigenvalue weighted by Gasteiger charge is -2.25. The molecule has 110 heavy (non-hydrogen) atoms. The Kier molecular flexibility index (Phi) is 13.2. The largest absolute Gasteiger partial charge is 0.0616 e. The molecule has 4 aliphatic carbocycles. The molecule has 0 heteroatoms. The molecule has 0 heterocycles. The summed E-state index contributed by atoms with van der Waals surface area (Å²) in [6.07, 6.45) is 0. The van der Waals surface area contributed by atoms with Crippen molar-refractivity contribution in [2.45, 2.75) is 55.4 Å². The van der Waals surface area contributed by atoms with Crippen LogP contribution in [0.25, 0.3) is 243 Å². The van der Waals surface area contributed by atoms with E-state index < -0.39 is 0 Å². The summed E-state index contributed by atoms with van der Waals surface area (Å²) >= 11 is 0. The number of aryl methyl sites for hydroxylation is 8. The van der Waals surface area contributed by atoms with Crippen LogP contribution in [0.15, 0.2) is 303 Å². The van der Waals surface area contributed by atoms with Gasteiger partial charge in [-0.3, -0.25) is 0 Å². The fraction of sp³-hybridized carbons (Fsp3) is 0.0727. The minimum atomic E-state index is 1.21. The smallest absolute Gasteiger partial charge is 0.000740 e. The number of hydrogen-bond donors (Lipinski definition) is 0. The summed E-state index contributed by atoms with van der Waals surface area (Å²) < 4.78 is 0. The highest BCUT2D eigenvalue weighted by molar-refractivity contribution is 6.39. The summed E-state index contributed by atoms with van der Waals surface area (Å²) in [5.41, 5.74) is 50.7. The van der Waals surface area contributed by atoms with Gasteiger partial charge in [-0.05, 0) is 310 Å². The van der Waals surface area contributed by atoms with Crippen molar-refractivity contribution < 1.29 is 0 Å². The molecule has 0 nitrogen and oxygen atoms in total. The van der Waals surface area contributed by atoms with Crippen LogP contribution in [0.1, 0.15) is 44.5 Å². The van der Waals surface area contributed by atoms with Crippen molar-refractivity contribution in [3.63, 3.8) is 0 Å². The van der Waals surface area contributed by atoms with Crippen molar-refractivity contribution in [2.75, 3.05) is 0 Å². The molecule has 4 aliphatic rings. The molecule has 0 aromatic heterocycles. The first kappa shape index (κ1) is 62.9. The Bertz CT molecular complexity index is 6460. The summed E-state index contributed by atoms with van der Waals surface area (Å²) in [4.78, 5) is 0. The maximum absolute atomic E-state index is 2.67. The van der Waals surface area contributed by atoms with Crippen LogP contribution in [0.3, 0.4) is 0 Å². The van der Waals surface area contributed by atoms with Gasteiger partial charge in [0.1, 0.15) is 0 Å². The molecule has 23 rings (SSSR count). The van der Waals surface area contributed by atoms with Gasteiger partial charge in [0.25, 0.3) is 0 Å². The monoisotopic (exact) mass is 1390 g/mol. The average Bonchev–Trinajstić information content (AvgIpc) is 1.49. The third kappa shape index (κ3) is 8.73. The average molecular weight is 1400 g/mol. The van der Waals surface area contributed by atoms with Crippen LogP contribution in [-0.2, 0) is 0 Å². The number of rotatable bonds is 8. The lowest BCUT2D eigenvalue weighted by atomic mass is 9.78. The molecule has 19 aromatic rings. The zero-order chi connectivity index (χ0) is 73.4. The molecule has 0 atom stereocenters. The summed E-state index contributed by atoms with van der Waals surface area (Å²) in [6, 6.07) is 119. The highest BCUT2D eigenvalue weighted by Gasteiger charge is 2.41. The lowest BCUT2D eigenvalue weighted by Crippen LogP contribution is -1.98. The number of benzene rings is 19. The van der Waals surface area contributed by atoms with Gasteiger partial charge in [-0.2, -0.15) is 0 Å². The van der Waals surface area contributed by atoms with Crippen LogP contribution in [-0.4, -0.2) is 0 Å². The molecule has 0 N–H and O–H groups in total. The Morgan fingerprint density at radius 1 is 0.118 bits per heavy atom. The lowest BCUT2D eigenvalue weighted by molar-refractivity contribution is 1.47. The summed E-state index contributed by atoms with van der Waals surface area (Å²) in [7, 11) is 0. The summed E-state index contributed by atoms with van der Waals surface area (Å²) in [6.45, 7) is 17.7. The third-order valence-electron chi connectivity index (χ3n) is 25.4. The van der Waals surface area contributed by atoms with E-state index in [9.17, 15) is 0 Å². The first-order valence-electron chi connectivity index (χ1n) is 39.0. The SMILES string of the molecule is Cc1ccc(-c2c3c(c(-c4ccc(C)cc4)c4ccccc24)-c2ccc4c5c(ccc-3c25)-c2c-4c(-c3ccc(C)cc3)c3cc4c(-c5ccc(C)cc5)c5c(c(-c6ccc(C)cc6)c4cc3c2-c2ccc(C)cc2)-c2ccc3c4c(ccc-5c24)-c2c-3c(-c3ccc(C)cc3)c3ccccc3c2-c2ccc(C)cc2)cc1.